The van der Waals surface area contributed by atoms with Gasteiger partial charge in [0.25, 0.3) is 17.7 Å². The molecule has 0 aliphatic heterocycles. The highest BCUT2D eigenvalue weighted by Gasteiger charge is 2.16. The third kappa shape index (κ3) is 1.86. The molecule has 0 radical (unpaired) electrons. The van der Waals surface area contributed by atoms with Crippen LogP contribution in [-0.4, -0.2) is 9.91 Å². The summed E-state index contributed by atoms with van der Waals surface area (Å²) in [6.45, 7) is 0. The van der Waals surface area contributed by atoms with Crippen LogP contribution in [0.15, 0.2) is 17.1 Å². The summed E-state index contributed by atoms with van der Waals surface area (Å²) in [5.41, 5.74) is -2.47. The Labute approximate surface area is 70.2 Å². The van der Waals surface area contributed by atoms with Crippen molar-refractivity contribution in [2.45, 2.75) is 6.43 Å². The topological polar surface area (TPSA) is 76.0 Å². The van der Waals surface area contributed by atoms with Gasteiger partial charge in [0.15, 0.2) is 0 Å². The molecule has 0 saturated carbocycles. The van der Waals surface area contributed by atoms with Gasteiger partial charge in [0.2, 0.25) is 0 Å². The molecule has 0 amide bonds. The lowest BCUT2D eigenvalue weighted by atomic mass is 10.3. The molecule has 0 aliphatic carbocycles. The number of hydrogen-bond acceptors (Lipinski definition) is 3. The Balaban J connectivity index is 3.27. The molecule has 1 heterocycles. The summed E-state index contributed by atoms with van der Waals surface area (Å²) in [6, 6.07) is 0.559. The van der Waals surface area contributed by atoms with E-state index in [0.717, 1.165) is 6.20 Å². The molecule has 0 atom stereocenters. The summed E-state index contributed by atoms with van der Waals surface area (Å²) in [4.78, 5) is 21.8. The molecule has 7 heteroatoms. The zero-order valence-electron chi connectivity index (χ0n) is 6.16. The average Bonchev–Trinajstić information content (AvgIpc) is 2.04. The molecule has 0 unspecified atom stereocenters. The van der Waals surface area contributed by atoms with Crippen LogP contribution in [0.2, 0.25) is 0 Å². The van der Waals surface area contributed by atoms with Crippen LogP contribution >= 0.6 is 0 Å². The molecule has 5 nitrogen and oxygen atoms in total. The van der Waals surface area contributed by atoms with Crippen LogP contribution in [-0.2, 0) is 0 Å². The zero-order chi connectivity index (χ0) is 10.0. The Morgan fingerprint density at radius 2 is 2.15 bits per heavy atom. The van der Waals surface area contributed by atoms with E-state index in [2.05, 4.69) is 0 Å². The third-order valence-electron chi connectivity index (χ3n) is 1.36. The highest BCUT2D eigenvalue weighted by molar-refractivity contribution is 5.30. The van der Waals surface area contributed by atoms with Gasteiger partial charge in [-0.05, 0) is 0 Å². The van der Waals surface area contributed by atoms with Gasteiger partial charge >= 0.3 is 0 Å². The van der Waals surface area contributed by atoms with Gasteiger partial charge in [-0.1, -0.05) is 0 Å². The number of halogens is 2. The second-order valence-electron chi connectivity index (χ2n) is 2.20. The van der Waals surface area contributed by atoms with E-state index in [1.807, 2.05) is 4.98 Å². The Morgan fingerprint density at radius 3 is 2.62 bits per heavy atom. The molecule has 70 valence electrons. The Hall–Kier alpha value is -1.79. The van der Waals surface area contributed by atoms with Crippen molar-refractivity contribution in [2.24, 2.45) is 0 Å². The summed E-state index contributed by atoms with van der Waals surface area (Å²) in [6.07, 6.45) is -2.24. The van der Waals surface area contributed by atoms with E-state index in [1.165, 1.54) is 0 Å². The molecule has 1 aromatic rings. The Morgan fingerprint density at radius 1 is 1.54 bits per heavy atom. The first-order chi connectivity index (χ1) is 6.02. The fourth-order valence-corrected chi connectivity index (χ4v) is 0.757. The van der Waals surface area contributed by atoms with Crippen LogP contribution in [0.3, 0.4) is 0 Å². The largest absolute Gasteiger partial charge is 0.322 e. The first kappa shape index (κ1) is 9.30. The molecular formula is C6H4F2N2O3. The van der Waals surface area contributed by atoms with E-state index in [1.54, 1.807) is 0 Å². The highest BCUT2D eigenvalue weighted by Crippen LogP contribution is 2.18. The number of pyridine rings is 1. The van der Waals surface area contributed by atoms with Gasteiger partial charge < -0.3 is 4.98 Å². The maximum atomic E-state index is 12.0. The zero-order valence-corrected chi connectivity index (χ0v) is 6.16. The Kier molecular flexibility index (Phi) is 2.36. The smallest absolute Gasteiger partial charge is 0.286 e. The van der Waals surface area contributed by atoms with Crippen LogP contribution in [0.1, 0.15) is 12.0 Å². The average molecular weight is 190 g/mol. The van der Waals surface area contributed by atoms with E-state index in [9.17, 15) is 23.7 Å². The fraction of sp³-hybridized carbons (Fsp3) is 0.167. The minimum absolute atomic E-state index is 0.559. The van der Waals surface area contributed by atoms with Crippen molar-refractivity contribution >= 4 is 5.69 Å². The van der Waals surface area contributed by atoms with E-state index in [0.29, 0.717) is 6.07 Å². The summed E-state index contributed by atoms with van der Waals surface area (Å²) >= 11 is 0. The number of nitro groups is 1. The fourth-order valence-electron chi connectivity index (χ4n) is 0.757. The maximum absolute atomic E-state index is 12.0. The number of alkyl halides is 2. The second-order valence-corrected chi connectivity index (χ2v) is 2.20. The minimum atomic E-state index is -3.01. The van der Waals surface area contributed by atoms with E-state index < -0.39 is 28.2 Å². The number of rotatable bonds is 2. The van der Waals surface area contributed by atoms with Crippen LogP contribution < -0.4 is 5.56 Å². The van der Waals surface area contributed by atoms with Crippen LogP contribution in [0.25, 0.3) is 0 Å². The molecule has 13 heavy (non-hydrogen) atoms. The predicted octanol–water partition coefficient (Wildman–Crippen LogP) is 1.22. The number of aromatic amines is 1. The van der Waals surface area contributed by atoms with Crippen molar-refractivity contribution in [3.8, 4) is 0 Å². The second kappa shape index (κ2) is 3.30. The van der Waals surface area contributed by atoms with Gasteiger partial charge in [0.1, 0.15) is 0 Å². The highest BCUT2D eigenvalue weighted by atomic mass is 19.3. The number of nitrogens with zero attached hydrogens (tertiary/aromatic N) is 1. The van der Waals surface area contributed by atoms with Crippen molar-refractivity contribution in [1.82, 2.24) is 4.98 Å². The van der Waals surface area contributed by atoms with E-state index in [4.69, 9.17) is 0 Å². The summed E-state index contributed by atoms with van der Waals surface area (Å²) in [5.74, 6) is 0. The van der Waals surface area contributed by atoms with Crippen molar-refractivity contribution in [3.05, 3.63) is 38.3 Å². The normalized spacial score (nSPS) is 10.4. The SMILES string of the molecule is O=c1[nH]cc([N+](=O)[O-])cc1C(F)F. The number of aromatic nitrogens is 1. The quantitative estimate of drug-likeness (QED) is 0.562. The van der Waals surface area contributed by atoms with E-state index in [-0.39, 0.29) is 0 Å². The van der Waals surface area contributed by atoms with Crippen molar-refractivity contribution in [1.29, 1.82) is 0 Å². The van der Waals surface area contributed by atoms with Gasteiger partial charge in [-0.15, -0.1) is 0 Å². The van der Waals surface area contributed by atoms with Gasteiger partial charge in [0.05, 0.1) is 16.7 Å². The summed E-state index contributed by atoms with van der Waals surface area (Å²) in [7, 11) is 0. The molecular weight excluding hydrogens is 186 g/mol. The number of H-pyrrole nitrogens is 1. The first-order valence-electron chi connectivity index (χ1n) is 3.17. The molecule has 1 N–H and O–H groups in total. The molecule has 0 fully saturated rings. The first-order valence-corrected chi connectivity index (χ1v) is 3.17. The van der Waals surface area contributed by atoms with Crippen LogP contribution in [0, 0.1) is 10.1 Å². The Bertz CT molecular complexity index is 388. The lowest BCUT2D eigenvalue weighted by Crippen LogP contribution is -2.12. The third-order valence-corrected chi connectivity index (χ3v) is 1.36. The molecule has 0 aliphatic rings. The van der Waals surface area contributed by atoms with Crippen molar-refractivity contribution < 1.29 is 13.7 Å². The van der Waals surface area contributed by atoms with Crippen LogP contribution in [0.5, 0.6) is 0 Å². The lowest BCUT2D eigenvalue weighted by molar-refractivity contribution is -0.385. The van der Waals surface area contributed by atoms with Gasteiger partial charge in [-0.3, -0.25) is 14.9 Å². The minimum Gasteiger partial charge on any atom is -0.322 e. The monoisotopic (exact) mass is 190 g/mol. The molecule has 1 aromatic heterocycles. The molecule has 1 rings (SSSR count). The van der Waals surface area contributed by atoms with Crippen molar-refractivity contribution in [2.75, 3.05) is 0 Å². The summed E-state index contributed by atoms with van der Waals surface area (Å²) in [5, 5.41) is 10.1. The van der Waals surface area contributed by atoms with Crippen LogP contribution in [0.4, 0.5) is 14.5 Å². The maximum Gasteiger partial charge on any atom is 0.286 e. The molecule has 0 saturated heterocycles. The van der Waals surface area contributed by atoms with Gasteiger partial charge in [-0.25, -0.2) is 8.78 Å². The number of hydrogen-bond donors (Lipinski definition) is 1. The van der Waals surface area contributed by atoms with Gasteiger partial charge in [0, 0.05) is 6.07 Å². The predicted molar refractivity (Wildman–Crippen MR) is 38.7 cm³/mol. The summed E-state index contributed by atoms with van der Waals surface area (Å²) < 4.78 is 24.1. The van der Waals surface area contributed by atoms with Gasteiger partial charge in [-0.2, -0.15) is 0 Å². The standard InChI is InChI=1S/C6H4F2N2O3/c7-5(8)4-1-3(10(12)13)2-9-6(4)11/h1-2,5H,(H,9,11). The van der Waals surface area contributed by atoms with E-state index >= 15 is 0 Å². The molecule has 0 bridgehead atoms. The molecule has 0 spiro atoms. The number of nitrogens with one attached hydrogen (secondary N) is 1. The van der Waals surface area contributed by atoms with Crippen molar-refractivity contribution in [3.63, 3.8) is 0 Å². The lowest BCUT2D eigenvalue weighted by Gasteiger charge is -1.96. The molecule has 0 aromatic carbocycles.